The number of hydrogen-bond donors (Lipinski definition) is 2. The van der Waals surface area contributed by atoms with E-state index in [0.717, 1.165) is 78.9 Å². The minimum absolute atomic E-state index is 0.0239. The summed E-state index contributed by atoms with van der Waals surface area (Å²) in [4.78, 5) is 71.4. The summed E-state index contributed by atoms with van der Waals surface area (Å²) in [5.74, 6) is -1.91. The number of hydrogen-bond acceptors (Lipinski definition) is 11. The number of nitrogens with zero attached hydrogens (tertiary/aromatic N) is 4. The van der Waals surface area contributed by atoms with Gasteiger partial charge in [-0.15, -0.1) is 0 Å². The summed E-state index contributed by atoms with van der Waals surface area (Å²) in [6, 6.07) is 14.1. The standard InChI is InChI=1S/C47H53F3N6O9/c48-47(49,50)33-6-4-5-32(26-33)42(58)53-46-51-38-25-31(28-54-17-2-1-3-18-54)9-14-39(38)55(46)34-10-7-30(8-11-34)29-64-22-21-62-19-20-63-23-24-65-35-12-13-36-37(27-35)45(61)56(44(36)60)40-15-16-41(57)52-43(40)59/h4-6,9,12-14,25-27,30,34,40H,1-3,7-8,10-11,15-24,28-29H2,(H,51,53,58)(H,52,57,59)/t30-,34+,40?. The number of carbonyl (C=O) groups is 5. The van der Waals surface area contributed by atoms with Gasteiger partial charge >= 0.3 is 6.18 Å². The molecule has 0 spiro atoms. The molecule has 1 atom stereocenters. The second-order valence-electron chi connectivity index (χ2n) is 17.0. The third-order valence-corrected chi connectivity index (χ3v) is 12.5. The fraction of sp³-hybridized carbons (Fsp3) is 0.489. The molecule has 1 aliphatic carbocycles. The molecular weight excluding hydrogens is 850 g/mol. The van der Waals surface area contributed by atoms with Gasteiger partial charge in [0.25, 0.3) is 17.7 Å². The zero-order valence-corrected chi connectivity index (χ0v) is 36.0. The van der Waals surface area contributed by atoms with Gasteiger partial charge in [0, 0.05) is 31.2 Å². The molecule has 65 heavy (non-hydrogen) atoms. The number of anilines is 1. The van der Waals surface area contributed by atoms with Crippen molar-refractivity contribution in [3.63, 3.8) is 0 Å². The zero-order chi connectivity index (χ0) is 45.5. The molecule has 4 aromatic rings. The summed E-state index contributed by atoms with van der Waals surface area (Å²) in [7, 11) is 0. The smallest absolute Gasteiger partial charge is 0.416 e. The van der Waals surface area contributed by atoms with E-state index in [0.29, 0.717) is 50.7 Å². The quantitative estimate of drug-likeness (QED) is 0.0820. The Morgan fingerprint density at radius 2 is 1.51 bits per heavy atom. The Hall–Kier alpha value is -5.69. The van der Waals surface area contributed by atoms with Crippen LogP contribution in [0.2, 0.25) is 0 Å². The van der Waals surface area contributed by atoms with Gasteiger partial charge in [-0.05, 0) is 118 Å². The Labute approximate surface area is 373 Å². The number of imidazole rings is 1. The fourth-order valence-corrected chi connectivity index (χ4v) is 9.10. The van der Waals surface area contributed by atoms with E-state index < -0.39 is 47.3 Å². The summed E-state index contributed by atoms with van der Waals surface area (Å²) in [5.41, 5.74) is 2.06. The van der Waals surface area contributed by atoms with E-state index in [1.807, 2.05) is 10.6 Å². The molecule has 346 valence electrons. The van der Waals surface area contributed by atoms with E-state index in [9.17, 15) is 37.1 Å². The van der Waals surface area contributed by atoms with Crippen LogP contribution < -0.4 is 15.4 Å². The van der Waals surface area contributed by atoms with Crippen LogP contribution in [0.5, 0.6) is 5.75 Å². The van der Waals surface area contributed by atoms with Crippen LogP contribution in [0.3, 0.4) is 0 Å². The number of carbonyl (C=O) groups excluding carboxylic acids is 5. The summed E-state index contributed by atoms with van der Waals surface area (Å²) in [6.07, 6.45) is 2.54. The number of likely N-dealkylation sites (tertiary alicyclic amines) is 1. The van der Waals surface area contributed by atoms with Crippen molar-refractivity contribution in [1.29, 1.82) is 0 Å². The maximum absolute atomic E-state index is 13.5. The van der Waals surface area contributed by atoms with Crippen molar-refractivity contribution in [2.75, 3.05) is 64.7 Å². The monoisotopic (exact) mass is 902 g/mol. The topological polar surface area (TPSA) is 171 Å². The van der Waals surface area contributed by atoms with Gasteiger partial charge in [-0.1, -0.05) is 18.6 Å². The first-order valence-corrected chi connectivity index (χ1v) is 22.4. The van der Waals surface area contributed by atoms with Crippen LogP contribution in [-0.4, -0.2) is 114 Å². The highest BCUT2D eigenvalue weighted by Crippen LogP contribution is 2.38. The normalized spacial score (nSPS) is 20.6. The Balaban J connectivity index is 0.751. The van der Waals surface area contributed by atoms with Crippen molar-refractivity contribution < 1.29 is 56.1 Å². The number of halogens is 3. The molecule has 4 aliphatic rings. The lowest BCUT2D eigenvalue weighted by atomic mass is 9.86. The van der Waals surface area contributed by atoms with Crippen LogP contribution in [0, 0.1) is 5.92 Å². The molecule has 1 saturated carbocycles. The number of ether oxygens (including phenoxy) is 4. The van der Waals surface area contributed by atoms with Gasteiger partial charge in [-0.3, -0.25) is 44.4 Å². The molecule has 18 heteroatoms. The summed E-state index contributed by atoms with van der Waals surface area (Å²) < 4.78 is 65.4. The van der Waals surface area contributed by atoms with Crippen molar-refractivity contribution in [3.05, 3.63) is 88.5 Å². The molecule has 1 unspecified atom stereocenters. The molecule has 3 aliphatic heterocycles. The molecule has 0 radical (unpaired) electrons. The Morgan fingerprint density at radius 1 is 0.785 bits per heavy atom. The van der Waals surface area contributed by atoms with Crippen LogP contribution in [-0.2, 0) is 36.5 Å². The largest absolute Gasteiger partial charge is 0.491 e. The third-order valence-electron chi connectivity index (χ3n) is 12.5. The van der Waals surface area contributed by atoms with Gasteiger partial charge in [0.15, 0.2) is 0 Å². The highest BCUT2D eigenvalue weighted by molar-refractivity contribution is 6.23. The third kappa shape index (κ3) is 11.1. The molecule has 0 bridgehead atoms. The maximum atomic E-state index is 13.5. The van der Waals surface area contributed by atoms with Crippen molar-refractivity contribution in [1.82, 2.24) is 24.7 Å². The molecule has 3 fully saturated rings. The van der Waals surface area contributed by atoms with Crippen LogP contribution in [0.4, 0.5) is 19.1 Å². The molecule has 8 rings (SSSR count). The van der Waals surface area contributed by atoms with Crippen LogP contribution in [0.1, 0.15) is 106 Å². The van der Waals surface area contributed by atoms with Crippen molar-refractivity contribution in [2.45, 2.75) is 82.6 Å². The lowest BCUT2D eigenvalue weighted by Crippen LogP contribution is -2.54. The van der Waals surface area contributed by atoms with Gasteiger partial charge in [0.2, 0.25) is 17.8 Å². The first kappa shape index (κ1) is 45.9. The minimum atomic E-state index is -4.57. The van der Waals surface area contributed by atoms with Crippen molar-refractivity contribution in [2.24, 2.45) is 5.92 Å². The van der Waals surface area contributed by atoms with Crippen molar-refractivity contribution >= 4 is 46.5 Å². The molecule has 2 N–H and O–H groups in total. The predicted molar refractivity (Wildman–Crippen MR) is 230 cm³/mol. The zero-order valence-electron chi connectivity index (χ0n) is 36.0. The minimum Gasteiger partial charge on any atom is -0.491 e. The first-order valence-electron chi connectivity index (χ1n) is 22.4. The molecule has 15 nitrogen and oxygen atoms in total. The van der Waals surface area contributed by atoms with E-state index in [1.165, 1.54) is 43.5 Å². The fourth-order valence-electron chi connectivity index (χ4n) is 9.10. The SMILES string of the molecule is O=C1CCC(N2C(=O)c3ccc(OCCOCCOCCOC[C@H]4CC[C@@H](n5c(NC(=O)c6cccc(C(F)(F)F)c6)nc6cc(CN7CCCCC7)ccc65)CC4)cc3C2=O)C(=O)N1. The summed E-state index contributed by atoms with van der Waals surface area (Å²) >= 11 is 0. The van der Waals surface area contributed by atoms with E-state index in [-0.39, 0.29) is 48.8 Å². The molecule has 5 amide bonds. The highest BCUT2D eigenvalue weighted by atomic mass is 19.4. The number of benzene rings is 3. The van der Waals surface area contributed by atoms with E-state index in [4.69, 9.17) is 23.9 Å². The molecule has 2 saturated heterocycles. The van der Waals surface area contributed by atoms with E-state index >= 15 is 0 Å². The number of alkyl halides is 3. The number of piperidine rings is 2. The van der Waals surface area contributed by atoms with Crippen LogP contribution in [0.15, 0.2) is 60.7 Å². The lowest BCUT2D eigenvalue weighted by molar-refractivity contribution is -0.138. The number of amides is 5. The average Bonchev–Trinajstić information content (AvgIpc) is 3.77. The van der Waals surface area contributed by atoms with E-state index in [2.05, 4.69) is 27.7 Å². The average molecular weight is 903 g/mol. The number of aromatic nitrogens is 2. The Kier molecular flexibility index (Phi) is 14.6. The number of fused-ring (bicyclic) bond motifs is 2. The second kappa shape index (κ2) is 20.6. The van der Waals surface area contributed by atoms with Crippen LogP contribution >= 0.6 is 0 Å². The first-order chi connectivity index (χ1) is 31.4. The van der Waals surface area contributed by atoms with Gasteiger partial charge < -0.3 is 23.5 Å². The predicted octanol–water partition coefficient (Wildman–Crippen LogP) is 6.55. The van der Waals surface area contributed by atoms with E-state index in [1.54, 1.807) is 6.07 Å². The molecule has 3 aromatic carbocycles. The van der Waals surface area contributed by atoms with Gasteiger partial charge in [0.1, 0.15) is 18.4 Å². The second-order valence-corrected chi connectivity index (χ2v) is 17.0. The van der Waals surface area contributed by atoms with Crippen molar-refractivity contribution in [3.8, 4) is 5.75 Å². The van der Waals surface area contributed by atoms with Gasteiger partial charge in [-0.2, -0.15) is 13.2 Å². The number of nitrogens with one attached hydrogen (secondary N) is 2. The Morgan fingerprint density at radius 3 is 2.25 bits per heavy atom. The number of rotatable bonds is 18. The highest BCUT2D eigenvalue weighted by Gasteiger charge is 2.45. The van der Waals surface area contributed by atoms with Crippen LogP contribution in [0.25, 0.3) is 11.0 Å². The maximum Gasteiger partial charge on any atom is 0.416 e. The van der Waals surface area contributed by atoms with Gasteiger partial charge in [0.05, 0.1) is 60.8 Å². The summed E-state index contributed by atoms with van der Waals surface area (Å²) in [5, 5.41) is 5.03. The Bertz CT molecular complexity index is 2390. The summed E-state index contributed by atoms with van der Waals surface area (Å²) in [6.45, 7) is 5.42. The lowest BCUT2D eigenvalue weighted by Gasteiger charge is -2.30. The molecule has 1 aromatic heterocycles. The molecular formula is C47H53F3N6O9. The number of imide groups is 2. The van der Waals surface area contributed by atoms with Gasteiger partial charge in [-0.25, -0.2) is 4.98 Å². The molecule has 4 heterocycles.